The first-order valence-electron chi connectivity index (χ1n) is 9.56. The molecule has 31 heavy (non-hydrogen) atoms. The lowest BCUT2D eigenvalue weighted by molar-refractivity contribution is -0.149. The molecular formula is C22H22N2O6S. The van der Waals surface area contributed by atoms with Crippen molar-refractivity contribution < 1.29 is 29.0 Å². The van der Waals surface area contributed by atoms with E-state index in [0.29, 0.717) is 0 Å². The van der Waals surface area contributed by atoms with Gasteiger partial charge in [-0.15, -0.1) is 0 Å². The van der Waals surface area contributed by atoms with Crippen molar-refractivity contribution in [2.45, 2.75) is 33.8 Å². The van der Waals surface area contributed by atoms with Crippen LogP contribution in [0.1, 0.15) is 41.2 Å². The number of thioether (sulfide) groups is 1. The van der Waals surface area contributed by atoms with Gasteiger partial charge in [-0.05, 0) is 81.4 Å². The summed E-state index contributed by atoms with van der Waals surface area (Å²) in [4.78, 5) is 48.9. The van der Waals surface area contributed by atoms with Gasteiger partial charge in [0, 0.05) is 17.1 Å². The summed E-state index contributed by atoms with van der Waals surface area (Å²) in [6, 6.07) is 8.35. The van der Waals surface area contributed by atoms with E-state index >= 15 is 0 Å². The van der Waals surface area contributed by atoms with Crippen molar-refractivity contribution in [1.29, 1.82) is 0 Å². The smallest absolute Gasteiger partial charge is 0.335 e. The van der Waals surface area contributed by atoms with Gasteiger partial charge < -0.3 is 14.4 Å². The van der Waals surface area contributed by atoms with Gasteiger partial charge in [-0.2, -0.15) is 0 Å². The molecule has 1 aromatic heterocycles. The molecule has 1 N–H and O–H groups in total. The van der Waals surface area contributed by atoms with Gasteiger partial charge in [-0.25, -0.2) is 4.79 Å². The van der Waals surface area contributed by atoms with E-state index in [4.69, 9.17) is 9.84 Å². The monoisotopic (exact) mass is 442 g/mol. The predicted octanol–water partition coefficient (Wildman–Crippen LogP) is 3.78. The quantitative estimate of drug-likeness (QED) is 0.536. The number of rotatable bonds is 6. The Balaban J connectivity index is 1.86. The average Bonchev–Trinajstić information content (AvgIpc) is 3.11. The number of hydrogen-bond acceptors (Lipinski definition) is 6. The van der Waals surface area contributed by atoms with Crippen LogP contribution in [-0.4, -0.2) is 50.3 Å². The van der Waals surface area contributed by atoms with Crippen LogP contribution in [0.4, 0.5) is 4.79 Å². The Labute approximate surface area is 183 Å². The number of ether oxygens (including phenoxy) is 1. The molecule has 0 atom stereocenters. The second kappa shape index (κ2) is 8.81. The maximum atomic E-state index is 12.7. The highest BCUT2D eigenvalue weighted by Crippen LogP contribution is 2.33. The lowest BCUT2D eigenvalue weighted by Gasteiger charge is -2.13. The number of carboxylic acids is 1. The maximum absolute atomic E-state index is 12.7. The highest BCUT2D eigenvalue weighted by Gasteiger charge is 2.37. The molecule has 1 aromatic carbocycles. The van der Waals surface area contributed by atoms with E-state index < -0.39 is 29.6 Å². The highest BCUT2D eigenvalue weighted by molar-refractivity contribution is 8.18. The molecule has 162 valence electrons. The normalized spacial score (nSPS) is 15.3. The Morgan fingerprint density at radius 3 is 2.39 bits per heavy atom. The fraction of sp³-hybridized carbons (Fsp3) is 0.273. The Morgan fingerprint density at radius 2 is 1.81 bits per heavy atom. The molecule has 9 heteroatoms. The van der Waals surface area contributed by atoms with Crippen LogP contribution in [0.15, 0.2) is 35.2 Å². The van der Waals surface area contributed by atoms with Gasteiger partial charge in [0.2, 0.25) is 0 Å². The molecule has 1 fully saturated rings. The summed E-state index contributed by atoms with van der Waals surface area (Å²) in [5.74, 6) is -2.17. The zero-order valence-electron chi connectivity index (χ0n) is 17.5. The van der Waals surface area contributed by atoms with Crippen molar-refractivity contribution in [1.82, 2.24) is 9.47 Å². The van der Waals surface area contributed by atoms with Crippen molar-refractivity contribution in [2.75, 3.05) is 6.54 Å². The van der Waals surface area contributed by atoms with Crippen LogP contribution in [0.3, 0.4) is 0 Å². The fourth-order valence-corrected chi connectivity index (χ4v) is 4.12. The van der Waals surface area contributed by atoms with Crippen LogP contribution in [0.25, 0.3) is 11.8 Å². The van der Waals surface area contributed by atoms with Gasteiger partial charge in [0.1, 0.15) is 6.54 Å². The molecule has 2 aromatic rings. The number of carboxylic acid groups (broad SMARTS) is 1. The van der Waals surface area contributed by atoms with Crippen LogP contribution in [-0.2, 0) is 14.3 Å². The summed E-state index contributed by atoms with van der Waals surface area (Å²) in [6.45, 7) is 6.72. The van der Waals surface area contributed by atoms with Crippen molar-refractivity contribution >= 4 is 40.9 Å². The molecule has 0 bridgehead atoms. The Kier molecular flexibility index (Phi) is 6.35. The third-order valence-corrected chi connectivity index (χ3v) is 5.56. The summed E-state index contributed by atoms with van der Waals surface area (Å²) in [7, 11) is 0. The largest absolute Gasteiger partial charge is 0.478 e. The van der Waals surface area contributed by atoms with Crippen molar-refractivity contribution in [3.8, 4) is 5.69 Å². The van der Waals surface area contributed by atoms with Gasteiger partial charge in [-0.3, -0.25) is 19.3 Å². The number of amides is 2. The number of carbonyl (C=O) groups is 4. The number of nitrogens with zero attached hydrogens (tertiary/aromatic N) is 2. The zero-order valence-corrected chi connectivity index (χ0v) is 18.4. The summed E-state index contributed by atoms with van der Waals surface area (Å²) >= 11 is 0.779. The van der Waals surface area contributed by atoms with Crippen molar-refractivity contribution in [2.24, 2.45) is 0 Å². The SMILES string of the molecule is Cc1cc(/C=C2/SC(=O)N(CC(=O)OC(C)C)C2=O)c(C)n1-c1ccc(C(=O)O)cc1. The molecule has 1 aliphatic rings. The number of carbonyl (C=O) groups excluding carboxylic acids is 3. The minimum Gasteiger partial charge on any atom is -0.478 e. The minimum atomic E-state index is -0.999. The van der Waals surface area contributed by atoms with Gasteiger partial charge >= 0.3 is 11.9 Å². The molecule has 8 nitrogen and oxygen atoms in total. The summed E-state index contributed by atoms with van der Waals surface area (Å²) in [5.41, 5.74) is 3.42. The molecule has 1 aliphatic heterocycles. The lowest BCUT2D eigenvalue weighted by Crippen LogP contribution is -2.35. The number of hydrogen-bond donors (Lipinski definition) is 1. The molecule has 3 rings (SSSR count). The summed E-state index contributed by atoms with van der Waals surface area (Å²) in [6.07, 6.45) is 1.29. The van der Waals surface area contributed by atoms with Crippen molar-refractivity contribution in [3.05, 3.63) is 57.8 Å². The van der Waals surface area contributed by atoms with Crippen molar-refractivity contribution in [3.63, 3.8) is 0 Å². The number of aromatic nitrogens is 1. The Morgan fingerprint density at radius 1 is 1.16 bits per heavy atom. The lowest BCUT2D eigenvalue weighted by atomic mass is 10.2. The topological polar surface area (TPSA) is 106 Å². The molecule has 2 heterocycles. The average molecular weight is 442 g/mol. The molecule has 2 amide bonds. The Hall–Kier alpha value is -3.33. The molecule has 0 radical (unpaired) electrons. The first-order valence-corrected chi connectivity index (χ1v) is 10.4. The second-order valence-corrected chi connectivity index (χ2v) is 8.31. The number of esters is 1. The molecule has 0 saturated carbocycles. The van der Waals surface area contributed by atoms with Gasteiger partial charge in [-0.1, -0.05) is 0 Å². The van der Waals surface area contributed by atoms with Gasteiger partial charge in [0.25, 0.3) is 11.1 Å². The van der Waals surface area contributed by atoms with Crippen LogP contribution in [0.2, 0.25) is 0 Å². The molecule has 1 saturated heterocycles. The van der Waals surface area contributed by atoms with E-state index in [1.165, 1.54) is 12.1 Å². The van der Waals surface area contributed by atoms with Gasteiger partial charge in [0.05, 0.1) is 16.6 Å². The number of aromatic carboxylic acids is 1. The van der Waals surface area contributed by atoms with Gasteiger partial charge in [0.15, 0.2) is 0 Å². The van der Waals surface area contributed by atoms with E-state index in [1.807, 2.05) is 24.5 Å². The fourth-order valence-electron chi connectivity index (χ4n) is 3.29. The minimum absolute atomic E-state index is 0.191. The third kappa shape index (κ3) is 4.72. The molecular weight excluding hydrogens is 420 g/mol. The summed E-state index contributed by atoms with van der Waals surface area (Å²) < 4.78 is 6.95. The van der Waals surface area contributed by atoms with Crippen LogP contribution in [0.5, 0.6) is 0 Å². The van der Waals surface area contributed by atoms with E-state index in [1.54, 1.807) is 32.1 Å². The molecule has 0 aliphatic carbocycles. The zero-order chi connectivity index (χ0) is 22.9. The number of aryl methyl sites for hydroxylation is 1. The van der Waals surface area contributed by atoms with E-state index in [-0.39, 0.29) is 16.6 Å². The van der Waals surface area contributed by atoms with Crippen LogP contribution >= 0.6 is 11.8 Å². The third-order valence-electron chi connectivity index (χ3n) is 4.66. The molecule has 0 unspecified atom stereocenters. The maximum Gasteiger partial charge on any atom is 0.335 e. The summed E-state index contributed by atoms with van der Waals surface area (Å²) in [5, 5.41) is 8.56. The predicted molar refractivity (Wildman–Crippen MR) is 116 cm³/mol. The standard InChI is InChI=1S/C22H22N2O6S/c1-12(2)30-19(25)11-23-20(26)18(31-22(23)29)10-16-9-13(3)24(14(16)4)17-7-5-15(6-8-17)21(27)28/h5-10,12H,11H2,1-4H3,(H,27,28)/b18-10+. The van der Waals surface area contributed by atoms with E-state index in [2.05, 4.69) is 0 Å². The highest BCUT2D eigenvalue weighted by atomic mass is 32.2. The van der Waals surface area contributed by atoms with Crippen LogP contribution in [0, 0.1) is 13.8 Å². The number of benzene rings is 1. The Bertz CT molecular complexity index is 1100. The second-order valence-electron chi connectivity index (χ2n) is 7.32. The van der Waals surface area contributed by atoms with E-state index in [9.17, 15) is 19.2 Å². The first kappa shape index (κ1) is 22.4. The molecule has 0 spiro atoms. The first-order chi connectivity index (χ1) is 14.6. The van der Waals surface area contributed by atoms with E-state index in [0.717, 1.165) is 39.3 Å². The number of imide groups is 1. The van der Waals surface area contributed by atoms with Crippen LogP contribution < -0.4 is 0 Å².